The number of carbonyl (C=O) groups is 1. The van der Waals surface area contributed by atoms with Gasteiger partial charge in [0.1, 0.15) is 0 Å². The van der Waals surface area contributed by atoms with Crippen LogP contribution >= 0.6 is 0 Å². The molecule has 4 N–H and O–H groups in total. The average molecular weight is 297 g/mol. The van der Waals surface area contributed by atoms with E-state index in [2.05, 4.69) is 9.88 Å². The molecule has 106 valence electrons. The van der Waals surface area contributed by atoms with Crippen molar-refractivity contribution in [3.8, 4) is 0 Å². The topological polar surface area (TPSA) is 136 Å². The molecule has 20 heavy (non-hydrogen) atoms. The van der Waals surface area contributed by atoms with E-state index in [1.54, 1.807) is 0 Å². The number of carboxylic acid groups (broad SMARTS) is 1. The number of nitrogens with one attached hydrogen (secondary N) is 1. The fourth-order valence-electron chi connectivity index (χ4n) is 1.52. The zero-order chi connectivity index (χ0) is 14.8. The summed E-state index contributed by atoms with van der Waals surface area (Å²) in [6.45, 7) is -0.143. The summed E-state index contributed by atoms with van der Waals surface area (Å²) >= 11 is 0. The lowest BCUT2D eigenvalue weighted by Gasteiger charge is -2.09. The highest BCUT2D eigenvalue weighted by atomic mass is 32.2. The number of sulfonamides is 1. The second kappa shape index (κ2) is 5.31. The normalized spacial score (nSPS) is 11.4. The molecular formula is C11H11N3O5S. The van der Waals surface area contributed by atoms with E-state index in [1.165, 1.54) is 18.3 Å². The van der Waals surface area contributed by atoms with Gasteiger partial charge in [-0.05, 0) is 18.2 Å². The number of carboxylic acids is 1. The van der Waals surface area contributed by atoms with Gasteiger partial charge in [0.15, 0.2) is 5.76 Å². The van der Waals surface area contributed by atoms with Crippen molar-refractivity contribution in [1.82, 2.24) is 9.88 Å². The Bertz CT molecular complexity index is 725. The van der Waals surface area contributed by atoms with Crippen LogP contribution in [0.5, 0.6) is 0 Å². The summed E-state index contributed by atoms with van der Waals surface area (Å²) in [6, 6.07) is 5.03. The SMILES string of the molecule is Nc1ccc(C(=O)O)c(S(=O)(=O)NCc2ccno2)c1. The van der Waals surface area contributed by atoms with Crippen LogP contribution in [0.2, 0.25) is 0 Å². The minimum atomic E-state index is -4.03. The van der Waals surface area contributed by atoms with Gasteiger partial charge in [-0.3, -0.25) is 0 Å². The maximum Gasteiger partial charge on any atom is 0.337 e. The molecule has 2 rings (SSSR count). The van der Waals surface area contributed by atoms with Gasteiger partial charge < -0.3 is 15.4 Å². The van der Waals surface area contributed by atoms with E-state index in [1.807, 2.05) is 0 Å². The molecule has 0 atom stereocenters. The summed E-state index contributed by atoms with van der Waals surface area (Å²) in [6.07, 6.45) is 1.37. The third-order valence-electron chi connectivity index (χ3n) is 2.45. The molecule has 0 unspecified atom stereocenters. The quantitative estimate of drug-likeness (QED) is 0.681. The molecule has 9 heteroatoms. The van der Waals surface area contributed by atoms with Gasteiger partial charge in [-0.1, -0.05) is 5.16 Å². The highest BCUT2D eigenvalue weighted by Gasteiger charge is 2.22. The number of rotatable bonds is 5. The van der Waals surface area contributed by atoms with Crippen LogP contribution in [0.4, 0.5) is 5.69 Å². The Morgan fingerprint density at radius 3 is 2.75 bits per heavy atom. The van der Waals surface area contributed by atoms with Crippen LogP contribution in [0.15, 0.2) is 39.9 Å². The average Bonchev–Trinajstić information content (AvgIpc) is 2.89. The second-order valence-electron chi connectivity index (χ2n) is 3.86. The van der Waals surface area contributed by atoms with E-state index < -0.39 is 20.9 Å². The molecule has 8 nitrogen and oxygen atoms in total. The Hall–Kier alpha value is -2.39. The summed E-state index contributed by atoms with van der Waals surface area (Å²) in [5.74, 6) is -1.06. The van der Waals surface area contributed by atoms with E-state index >= 15 is 0 Å². The molecule has 0 spiro atoms. The number of aromatic nitrogens is 1. The van der Waals surface area contributed by atoms with E-state index in [9.17, 15) is 13.2 Å². The summed E-state index contributed by atoms with van der Waals surface area (Å²) in [4.78, 5) is 10.7. The highest BCUT2D eigenvalue weighted by Crippen LogP contribution is 2.19. The number of hydrogen-bond donors (Lipinski definition) is 3. The van der Waals surface area contributed by atoms with Crippen LogP contribution in [0, 0.1) is 0 Å². The Morgan fingerprint density at radius 1 is 1.40 bits per heavy atom. The number of anilines is 1. The molecule has 0 aliphatic carbocycles. The van der Waals surface area contributed by atoms with Gasteiger partial charge in [-0.15, -0.1) is 0 Å². The van der Waals surface area contributed by atoms with Crippen molar-refractivity contribution < 1.29 is 22.8 Å². The van der Waals surface area contributed by atoms with Crippen LogP contribution in [0.25, 0.3) is 0 Å². The van der Waals surface area contributed by atoms with Crippen molar-refractivity contribution in [3.63, 3.8) is 0 Å². The maximum atomic E-state index is 12.1. The molecule has 0 aliphatic rings. The van der Waals surface area contributed by atoms with E-state index in [4.69, 9.17) is 15.4 Å². The van der Waals surface area contributed by atoms with Gasteiger partial charge in [-0.25, -0.2) is 17.9 Å². The molecule has 0 saturated carbocycles. The van der Waals surface area contributed by atoms with Crippen LogP contribution in [0.1, 0.15) is 16.1 Å². The van der Waals surface area contributed by atoms with E-state index in [0.29, 0.717) is 5.76 Å². The first kappa shape index (κ1) is 14.0. The Balaban J connectivity index is 2.33. The maximum absolute atomic E-state index is 12.1. The van der Waals surface area contributed by atoms with Crippen LogP contribution in [0.3, 0.4) is 0 Å². The minimum Gasteiger partial charge on any atom is -0.478 e. The largest absolute Gasteiger partial charge is 0.478 e. The first-order valence-corrected chi connectivity index (χ1v) is 6.90. The van der Waals surface area contributed by atoms with Gasteiger partial charge in [0.25, 0.3) is 0 Å². The van der Waals surface area contributed by atoms with E-state index in [-0.39, 0.29) is 17.8 Å². The van der Waals surface area contributed by atoms with Crippen molar-refractivity contribution in [3.05, 3.63) is 41.8 Å². The number of nitrogens with zero attached hydrogens (tertiary/aromatic N) is 1. The first-order valence-electron chi connectivity index (χ1n) is 5.42. The molecule has 2 aromatic rings. The number of aromatic carboxylic acids is 1. The number of nitrogens with two attached hydrogens (primary N) is 1. The molecule has 0 radical (unpaired) electrons. The van der Waals surface area contributed by atoms with Gasteiger partial charge in [0.05, 0.1) is 23.2 Å². The monoisotopic (exact) mass is 297 g/mol. The number of nitrogen functional groups attached to an aromatic ring is 1. The summed E-state index contributed by atoms with van der Waals surface area (Å²) < 4.78 is 31.2. The predicted molar refractivity (Wildman–Crippen MR) is 68.3 cm³/mol. The van der Waals surface area contributed by atoms with Crippen molar-refractivity contribution in [2.45, 2.75) is 11.4 Å². The van der Waals surface area contributed by atoms with Gasteiger partial charge in [0.2, 0.25) is 10.0 Å². The molecule has 1 heterocycles. The fourth-order valence-corrected chi connectivity index (χ4v) is 2.74. The third-order valence-corrected chi connectivity index (χ3v) is 3.89. The van der Waals surface area contributed by atoms with Gasteiger partial charge in [-0.2, -0.15) is 0 Å². The molecular weight excluding hydrogens is 286 g/mol. The Morgan fingerprint density at radius 2 is 2.15 bits per heavy atom. The summed E-state index contributed by atoms with van der Waals surface area (Å²) in [5.41, 5.74) is 5.29. The van der Waals surface area contributed by atoms with Gasteiger partial charge in [0, 0.05) is 11.8 Å². The van der Waals surface area contributed by atoms with Crippen LogP contribution < -0.4 is 10.5 Å². The van der Waals surface area contributed by atoms with Crippen molar-refractivity contribution >= 4 is 21.7 Å². The molecule has 1 aromatic carbocycles. The fraction of sp³-hybridized carbons (Fsp3) is 0.0909. The molecule has 0 saturated heterocycles. The molecule has 1 aromatic heterocycles. The summed E-state index contributed by atoms with van der Waals surface area (Å²) in [7, 11) is -4.03. The minimum absolute atomic E-state index is 0.143. The number of benzene rings is 1. The smallest absolute Gasteiger partial charge is 0.337 e. The lowest BCUT2D eigenvalue weighted by Crippen LogP contribution is -2.25. The molecule has 0 amide bonds. The lowest BCUT2D eigenvalue weighted by molar-refractivity contribution is 0.0692. The Kier molecular flexibility index (Phi) is 3.72. The molecule has 0 bridgehead atoms. The Labute approximate surface area is 114 Å². The predicted octanol–water partition coefficient (Wildman–Crippen LogP) is 0.433. The molecule has 0 aliphatic heterocycles. The van der Waals surface area contributed by atoms with Crippen molar-refractivity contribution in [1.29, 1.82) is 0 Å². The summed E-state index contributed by atoms with van der Waals surface area (Å²) in [5, 5.41) is 12.4. The zero-order valence-electron chi connectivity index (χ0n) is 10.1. The van der Waals surface area contributed by atoms with Crippen LogP contribution in [-0.2, 0) is 16.6 Å². The zero-order valence-corrected chi connectivity index (χ0v) is 10.9. The van der Waals surface area contributed by atoms with E-state index in [0.717, 1.165) is 12.1 Å². The van der Waals surface area contributed by atoms with Crippen molar-refractivity contribution in [2.24, 2.45) is 0 Å². The standard InChI is InChI=1S/C11H11N3O5S/c12-7-1-2-9(11(15)16)10(5-7)20(17,18)14-6-8-3-4-13-19-8/h1-5,14H,6,12H2,(H,15,16). The number of hydrogen-bond acceptors (Lipinski definition) is 6. The third kappa shape index (κ3) is 2.95. The van der Waals surface area contributed by atoms with Crippen molar-refractivity contribution in [2.75, 3.05) is 5.73 Å². The highest BCUT2D eigenvalue weighted by molar-refractivity contribution is 7.89. The molecule has 0 fully saturated rings. The van der Waals surface area contributed by atoms with Gasteiger partial charge >= 0.3 is 5.97 Å². The second-order valence-corrected chi connectivity index (χ2v) is 5.60. The van der Waals surface area contributed by atoms with Crippen LogP contribution in [-0.4, -0.2) is 24.7 Å². The first-order chi connectivity index (χ1) is 9.40. The lowest BCUT2D eigenvalue weighted by atomic mass is 10.2.